The highest BCUT2D eigenvalue weighted by atomic mass is 32.1. The van der Waals surface area contributed by atoms with Crippen molar-refractivity contribution in [1.82, 2.24) is 15.3 Å². The molecule has 1 unspecified atom stereocenters. The third-order valence-electron chi connectivity index (χ3n) is 5.13. The fourth-order valence-corrected chi connectivity index (χ4v) is 4.48. The van der Waals surface area contributed by atoms with Gasteiger partial charge in [-0.3, -0.25) is 4.79 Å². The van der Waals surface area contributed by atoms with E-state index in [4.69, 9.17) is 9.47 Å². The van der Waals surface area contributed by atoms with Gasteiger partial charge in [0.1, 0.15) is 5.01 Å². The van der Waals surface area contributed by atoms with Crippen molar-refractivity contribution < 1.29 is 14.3 Å². The number of nitrogens with zero attached hydrogens (tertiary/aromatic N) is 1. The van der Waals surface area contributed by atoms with E-state index in [2.05, 4.69) is 27.4 Å². The smallest absolute Gasteiger partial charge is 0.226 e. The Labute approximate surface area is 185 Å². The second-order valence-electron chi connectivity index (χ2n) is 7.42. The summed E-state index contributed by atoms with van der Waals surface area (Å²) >= 11 is 1.51. The lowest BCUT2D eigenvalue weighted by atomic mass is 10.1. The summed E-state index contributed by atoms with van der Waals surface area (Å²) in [5.74, 6) is 1.30. The Kier molecular flexibility index (Phi) is 6.23. The molecule has 0 aliphatic rings. The van der Waals surface area contributed by atoms with Gasteiger partial charge in [-0.05, 0) is 43.2 Å². The van der Waals surface area contributed by atoms with E-state index in [1.807, 2.05) is 48.8 Å². The van der Waals surface area contributed by atoms with Crippen molar-refractivity contribution in [2.75, 3.05) is 14.2 Å². The molecule has 0 bridgehead atoms. The van der Waals surface area contributed by atoms with E-state index in [1.54, 1.807) is 14.2 Å². The van der Waals surface area contributed by atoms with Crippen LogP contribution in [-0.4, -0.2) is 36.1 Å². The number of H-pyrrole nitrogens is 1. The summed E-state index contributed by atoms with van der Waals surface area (Å²) in [6.07, 6.45) is 3.04. The monoisotopic (exact) mass is 435 g/mol. The minimum Gasteiger partial charge on any atom is -0.493 e. The molecule has 2 heterocycles. The lowest BCUT2D eigenvalue weighted by Gasteiger charge is -2.13. The number of ether oxygens (including phenoxy) is 2. The van der Waals surface area contributed by atoms with Crippen LogP contribution >= 0.6 is 11.3 Å². The van der Waals surface area contributed by atoms with Crippen molar-refractivity contribution in [3.05, 3.63) is 65.3 Å². The maximum absolute atomic E-state index is 12.6. The van der Waals surface area contributed by atoms with Crippen molar-refractivity contribution in [2.24, 2.45) is 0 Å². The molecule has 2 N–H and O–H groups in total. The number of methoxy groups -OCH3 is 2. The van der Waals surface area contributed by atoms with Gasteiger partial charge in [0.15, 0.2) is 11.5 Å². The molecule has 0 fully saturated rings. The van der Waals surface area contributed by atoms with Gasteiger partial charge in [-0.2, -0.15) is 0 Å². The number of para-hydroxylation sites is 1. The molecule has 0 aliphatic carbocycles. The predicted molar refractivity (Wildman–Crippen MR) is 124 cm³/mol. The molecule has 2 aromatic heterocycles. The lowest BCUT2D eigenvalue weighted by Crippen LogP contribution is -2.35. The van der Waals surface area contributed by atoms with Crippen LogP contribution in [0, 0.1) is 0 Å². The first-order valence-electron chi connectivity index (χ1n) is 10.1. The fourth-order valence-electron chi connectivity index (χ4n) is 3.66. The van der Waals surface area contributed by atoms with Crippen LogP contribution in [0.25, 0.3) is 21.5 Å². The van der Waals surface area contributed by atoms with Gasteiger partial charge in [0.25, 0.3) is 0 Å². The number of nitrogens with one attached hydrogen (secondary N) is 2. The number of aromatic nitrogens is 2. The van der Waals surface area contributed by atoms with Gasteiger partial charge in [-0.1, -0.05) is 18.2 Å². The quantitative estimate of drug-likeness (QED) is 0.424. The molecule has 0 saturated heterocycles. The number of benzene rings is 2. The highest BCUT2D eigenvalue weighted by Crippen LogP contribution is 2.33. The van der Waals surface area contributed by atoms with Crippen LogP contribution < -0.4 is 14.8 Å². The van der Waals surface area contributed by atoms with Gasteiger partial charge in [-0.25, -0.2) is 4.98 Å². The Morgan fingerprint density at radius 3 is 2.77 bits per heavy atom. The highest BCUT2D eigenvalue weighted by molar-refractivity contribution is 7.13. The molecular weight excluding hydrogens is 410 g/mol. The van der Waals surface area contributed by atoms with Gasteiger partial charge in [0.2, 0.25) is 5.91 Å². The van der Waals surface area contributed by atoms with Gasteiger partial charge in [-0.15, -0.1) is 11.3 Å². The van der Waals surface area contributed by atoms with Crippen molar-refractivity contribution in [3.63, 3.8) is 0 Å². The summed E-state index contributed by atoms with van der Waals surface area (Å²) in [6, 6.07) is 13.9. The number of fused-ring (bicyclic) bond motifs is 1. The molecule has 160 valence electrons. The topological polar surface area (TPSA) is 76.2 Å². The van der Waals surface area contributed by atoms with Crippen molar-refractivity contribution in [3.8, 4) is 22.1 Å². The Morgan fingerprint density at radius 1 is 1.16 bits per heavy atom. The Hall–Kier alpha value is -3.32. The number of carbonyl (C=O) groups is 1. The van der Waals surface area contributed by atoms with Crippen LogP contribution in [0.15, 0.2) is 54.0 Å². The first-order chi connectivity index (χ1) is 15.1. The van der Waals surface area contributed by atoms with Crippen molar-refractivity contribution in [2.45, 2.75) is 25.8 Å². The van der Waals surface area contributed by atoms with Crippen LogP contribution in [0.4, 0.5) is 0 Å². The van der Waals surface area contributed by atoms with E-state index < -0.39 is 0 Å². The average molecular weight is 436 g/mol. The molecule has 0 saturated carbocycles. The molecule has 4 rings (SSSR count). The molecule has 0 aliphatic heterocycles. The van der Waals surface area contributed by atoms with E-state index in [0.29, 0.717) is 11.5 Å². The molecular formula is C24H25N3O3S. The zero-order chi connectivity index (χ0) is 21.8. The van der Waals surface area contributed by atoms with Gasteiger partial charge >= 0.3 is 0 Å². The molecule has 31 heavy (non-hydrogen) atoms. The van der Waals surface area contributed by atoms with Crippen molar-refractivity contribution in [1.29, 1.82) is 0 Å². The predicted octanol–water partition coefficient (Wildman–Crippen LogP) is 4.60. The first-order valence-corrected chi connectivity index (χ1v) is 11.0. The zero-order valence-corrected chi connectivity index (χ0v) is 18.6. The fraction of sp³-hybridized carbons (Fsp3) is 0.250. The van der Waals surface area contributed by atoms with Gasteiger partial charge < -0.3 is 19.8 Å². The second kappa shape index (κ2) is 9.22. The number of hydrogen-bond acceptors (Lipinski definition) is 5. The normalized spacial score (nSPS) is 12.0. The number of thiazole rings is 1. The van der Waals surface area contributed by atoms with Crippen LogP contribution in [0.3, 0.4) is 0 Å². The third kappa shape index (κ3) is 4.72. The van der Waals surface area contributed by atoms with E-state index in [9.17, 15) is 4.79 Å². The third-order valence-corrected chi connectivity index (χ3v) is 6.07. The minimum absolute atomic E-state index is 0.0238. The maximum atomic E-state index is 12.6. The molecule has 2 aromatic carbocycles. The Morgan fingerprint density at radius 2 is 1.97 bits per heavy atom. The highest BCUT2D eigenvalue weighted by Gasteiger charge is 2.14. The number of aromatic amines is 1. The van der Waals surface area contributed by atoms with Crippen LogP contribution in [0.1, 0.15) is 18.2 Å². The zero-order valence-electron chi connectivity index (χ0n) is 17.8. The summed E-state index contributed by atoms with van der Waals surface area (Å²) in [6.45, 7) is 2.02. The summed E-state index contributed by atoms with van der Waals surface area (Å²) in [7, 11) is 3.22. The minimum atomic E-state index is -0.0310. The van der Waals surface area contributed by atoms with Gasteiger partial charge in [0.05, 0.1) is 26.3 Å². The first kappa shape index (κ1) is 20.9. The standard InChI is InChI=1S/C24H25N3O3S/c1-15(10-17-13-25-20-7-5-4-6-19(17)20)26-23(28)12-18-14-31-24(27-18)16-8-9-21(29-2)22(11-16)30-3/h4-9,11,13-15,25H,10,12H2,1-3H3,(H,26,28). The van der Waals surface area contributed by atoms with Crippen LogP contribution in [0.5, 0.6) is 11.5 Å². The van der Waals surface area contributed by atoms with Crippen LogP contribution in [-0.2, 0) is 17.6 Å². The molecule has 6 nitrogen and oxygen atoms in total. The second-order valence-corrected chi connectivity index (χ2v) is 8.28. The summed E-state index contributed by atoms with van der Waals surface area (Å²) in [4.78, 5) is 20.5. The molecule has 1 atom stereocenters. The lowest BCUT2D eigenvalue weighted by molar-refractivity contribution is -0.121. The maximum Gasteiger partial charge on any atom is 0.226 e. The summed E-state index contributed by atoms with van der Waals surface area (Å²) in [5.41, 5.74) is 4.00. The molecule has 0 radical (unpaired) electrons. The van der Waals surface area contributed by atoms with E-state index in [-0.39, 0.29) is 18.4 Å². The van der Waals surface area contributed by atoms with Crippen LogP contribution in [0.2, 0.25) is 0 Å². The molecule has 4 aromatic rings. The molecule has 1 amide bonds. The number of hydrogen-bond donors (Lipinski definition) is 2. The van der Waals surface area contributed by atoms with Gasteiger partial charge in [0, 0.05) is 34.1 Å². The molecule has 7 heteroatoms. The van der Waals surface area contributed by atoms with E-state index in [1.165, 1.54) is 22.3 Å². The molecule has 0 spiro atoms. The average Bonchev–Trinajstić information content (AvgIpc) is 3.40. The Bertz CT molecular complexity index is 1200. The summed E-state index contributed by atoms with van der Waals surface area (Å²) < 4.78 is 10.7. The van der Waals surface area contributed by atoms with Crippen molar-refractivity contribution >= 4 is 28.1 Å². The largest absolute Gasteiger partial charge is 0.493 e. The number of carbonyl (C=O) groups excluding carboxylic acids is 1. The number of amides is 1. The Balaban J connectivity index is 1.37. The summed E-state index contributed by atoms with van der Waals surface area (Å²) in [5, 5.41) is 7.06. The number of rotatable bonds is 8. The van der Waals surface area contributed by atoms with E-state index >= 15 is 0 Å². The van der Waals surface area contributed by atoms with E-state index in [0.717, 1.165) is 28.2 Å². The SMILES string of the molecule is COc1ccc(-c2nc(CC(=O)NC(C)Cc3c[nH]c4ccccc34)cs2)cc1OC.